The second-order valence-corrected chi connectivity index (χ2v) is 8.64. The Kier molecular flexibility index (Phi) is 16.9. The van der Waals surface area contributed by atoms with Gasteiger partial charge in [-0.25, -0.2) is 0 Å². The molecule has 7 heteroatoms. The van der Waals surface area contributed by atoms with Crippen molar-refractivity contribution in [3.05, 3.63) is 76.4 Å². The summed E-state index contributed by atoms with van der Waals surface area (Å²) in [6.07, 6.45) is 26.0. The van der Waals surface area contributed by atoms with Gasteiger partial charge in [0.2, 0.25) is 0 Å². The Morgan fingerprint density at radius 2 is 1.38 bits per heavy atom. The molecule has 0 saturated carbocycles. The first-order valence-electron chi connectivity index (χ1n) is 13.1. The average molecular weight is 514 g/mol. The van der Waals surface area contributed by atoms with E-state index in [2.05, 4.69) is 55.5 Å². The predicted octanol–water partition coefficient (Wildman–Crippen LogP) is 8.36. The number of unbranched alkanes of at least 4 members (excludes halogenated alkanes) is 4. The van der Waals surface area contributed by atoms with Crippen molar-refractivity contribution in [3.8, 4) is 11.5 Å². The molecule has 0 aliphatic rings. The monoisotopic (exact) mass is 513 g/mol. The molecule has 37 heavy (non-hydrogen) atoms. The molecule has 0 aliphatic heterocycles. The van der Waals surface area contributed by atoms with Crippen molar-refractivity contribution in [2.75, 3.05) is 14.2 Å². The van der Waals surface area contributed by atoms with E-state index in [1.54, 1.807) is 6.92 Å². The molecule has 1 aromatic carbocycles. The van der Waals surface area contributed by atoms with Crippen molar-refractivity contribution in [2.24, 2.45) is 0 Å². The van der Waals surface area contributed by atoms with Crippen molar-refractivity contribution < 1.29 is 23.9 Å². The molecular formula is C30H43NO6. The Morgan fingerprint density at radius 3 is 1.89 bits per heavy atom. The third kappa shape index (κ3) is 13.5. The molecule has 0 aliphatic carbocycles. The number of allylic oxidation sites excluding steroid dienone is 8. The second-order valence-electron chi connectivity index (χ2n) is 8.64. The van der Waals surface area contributed by atoms with Gasteiger partial charge in [-0.3, -0.25) is 14.9 Å². The number of esters is 1. The highest BCUT2D eigenvalue weighted by Crippen LogP contribution is 2.38. The molecule has 0 saturated heterocycles. The molecule has 0 aromatic heterocycles. The third-order valence-corrected chi connectivity index (χ3v) is 5.68. The van der Waals surface area contributed by atoms with E-state index >= 15 is 0 Å². The number of carbonyl (C=O) groups excluding carboxylic acids is 1. The van der Waals surface area contributed by atoms with Crippen LogP contribution in [0.1, 0.15) is 89.7 Å². The fraction of sp³-hybridized carbons (Fsp3) is 0.500. The Morgan fingerprint density at radius 1 is 0.865 bits per heavy atom. The van der Waals surface area contributed by atoms with E-state index in [1.807, 2.05) is 0 Å². The number of carbonyl (C=O) groups is 1. The molecule has 0 spiro atoms. The van der Waals surface area contributed by atoms with Crippen LogP contribution in [-0.4, -0.2) is 25.1 Å². The molecule has 0 unspecified atom stereocenters. The van der Waals surface area contributed by atoms with Crippen LogP contribution in [0.5, 0.6) is 11.5 Å². The normalized spacial score (nSPS) is 12.6. The van der Waals surface area contributed by atoms with E-state index < -0.39 is 17.0 Å². The van der Waals surface area contributed by atoms with Crippen LogP contribution in [0, 0.1) is 10.1 Å². The summed E-state index contributed by atoms with van der Waals surface area (Å²) in [7, 11) is 2.85. The number of hydrogen-bond donors (Lipinski definition) is 0. The zero-order valence-corrected chi connectivity index (χ0v) is 22.8. The maximum atomic E-state index is 12.3. The number of nitrogens with zero attached hydrogens (tertiary/aromatic N) is 1. The van der Waals surface area contributed by atoms with Crippen LogP contribution in [0.4, 0.5) is 5.69 Å². The molecule has 1 aromatic rings. The number of hydrogen-bond acceptors (Lipinski definition) is 6. The van der Waals surface area contributed by atoms with Crippen molar-refractivity contribution in [1.82, 2.24) is 0 Å². The average Bonchev–Trinajstić information content (AvgIpc) is 2.89. The Hall–Kier alpha value is -3.35. The fourth-order valence-corrected chi connectivity index (χ4v) is 3.61. The summed E-state index contributed by atoms with van der Waals surface area (Å²) in [4.78, 5) is 23.2. The van der Waals surface area contributed by atoms with Gasteiger partial charge in [0.15, 0.2) is 11.5 Å². The van der Waals surface area contributed by atoms with Crippen molar-refractivity contribution in [3.63, 3.8) is 0 Å². The Balaban J connectivity index is 2.30. The van der Waals surface area contributed by atoms with Gasteiger partial charge in [0.05, 0.1) is 30.8 Å². The molecule has 1 atom stereocenters. The molecule has 0 fully saturated rings. The molecular weight excluding hydrogens is 470 g/mol. The number of rotatable bonds is 19. The zero-order chi connectivity index (χ0) is 27.3. The lowest BCUT2D eigenvalue weighted by Crippen LogP contribution is -2.11. The first-order chi connectivity index (χ1) is 17.9. The highest BCUT2D eigenvalue weighted by atomic mass is 16.6. The van der Waals surface area contributed by atoms with Gasteiger partial charge in [-0.15, -0.1) is 0 Å². The van der Waals surface area contributed by atoms with Gasteiger partial charge < -0.3 is 14.2 Å². The zero-order valence-electron chi connectivity index (χ0n) is 22.8. The van der Waals surface area contributed by atoms with E-state index in [1.165, 1.54) is 52.0 Å². The van der Waals surface area contributed by atoms with Crippen LogP contribution in [0.25, 0.3) is 0 Å². The summed E-state index contributed by atoms with van der Waals surface area (Å²) in [6, 6.07) is 2.76. The molecule has 0 N–H and O–H groups in total. The summed E-state index contributed by atoms with van der Waals surface area (Å²) in [6.45, 7) is 3.83. The topological polar surface area (TPSA) is 87.9 Å². The lowest BCUT2D eigenvalue weighted by molar-refractivity contribution is -0.386. The minimum atomic E-state index is -0.788. The van der Waals surface area contributed by atoms with E-state index in [4.69, 9.17) is 14.2 Å². The standard InChI is InChI=1S/C30H43NO6/c1-5-6-7-8-9-10-11-12-13-14-15-16-17-18-19-20-21-22-30(32)37-25(2)26-23-28(35-3)29(36-4)24-27(26)31(33)34/h9-10,12-13,15-16,18-19,23-25H,5-8,11,14,17,20-22H2,1-4H3/b10-9+,13-12+,16-15+,19-18+/t25-/m1/s1. The van der Waals surface area contributed by atoms with Gasteiger partial charge >= 0.3 is 5.97 Å². The van der Waals surface area contributed by atoms with Crippen LogP contribution < -0.4 is 9.47 Å². The van der Waals surface area contributed by atoms with Crippen LogP contribution >= 0.6 is 0 Å². The largest absolute Gasteiger partial charge is 0.493 e. The molecule has 1 rings (SSSR count). The smallest absolute Gasteiger partial charge is 0.306 e. The lowest BCUT2D eigenvalue weighted by atomic mass is 10.1. The quantitative estimate of drug-likeness (QED) is 0.0607. The minimum Gasteiger partial charge on any atom is -0.493 e. The first kappa shape index (κ1) is 31.7. The summed E-state index contributed by atoms with van der Waals surface area (Å²) in [5.74, 6) is 0.189. The number of benzene rings is 1. The molecule has 0 bridgehead atoms. The lowest BCUT2D eigenvalue weighted by Gasteiger charge is -2.16. The Labute approximate surface area is 222 Å². The first-order valence-corrected chi connectivity index (χ1v) is 13.1. The minimum absolute atomic E-state index is 0.181. The van der Waals surface area contributed by atoms with Crippen molar-refractivity contribution in [2.45, 2.75) is 84.2 Å². The molecule has 204 valence electrons. The second kappa shape index (κ2) is 19.8. The molecule has 0 radical (unpaired) electrons. The van der Waals surface area contributed by atoms with Gasteiger partial charge in [0.1, 0.15) is 6.10 Å². The Bertz CT molecular complexity index is 932. The van der Waals surface area contributed by atoms with Crippen molar-refractivity contribution in [1.29, 1.82) is 0 Å². The molecule has 0 heterocycles. The number of nitro groups is 1. The predicted molar refractivity (Wildman–Crippen MR) is 149 cm³/mol. The van der Waals surface area contributed by atoms with E-state index in [9.17, 15) is 14.9 Å². The highest BCUT2D eigenvalue weighted by molar-refractivity contribution is 5.70. The van der Waals surface area contributed by atoms with E-state index in [-0.39, 0.29) is 23.4 Å². The van der Waals surface area contributed by atoms with Gasteiger partial charge in [-0.2, -0.15) is 0 Å². The van der Waals surface area contributed by atoms with Crippen LogP contribution in [0.15, 0.2) is 60.7 Å². The fourth-order valence-electron chi connectivity index (χ4n) is 3.61. The summed E-state index contributed by atoms with van der Waals surface area (Å²) in [5, 5.41) is 11.5. The summed E-state index contributed by atoms with van der Waals surface area (Å²) < 4.78 is 15.8. The summed E-state index contributed by atoms with van der Waals surface area (Å²) in [5.41, 5.74) is 0.0791. The van der Waals surface area contributed by atoms with Gasteiger partial charge in [0.25, 0.3) is 5.69 Å². The van der Waals surface area contributed by atoms with Crippen LogP contribution in [0.2, 0.25) is 0 Å². The maximum absolute atomic E-state index is 12.3. The third-order valence-electron chi connectivity index (χ3n) is 5.68. The van der Waals surface area contributed by atoms with E-state index in [0.717, 1.165) is 25.7 Å². The number of ether oxygens (including phenoxy) is 3. The van der Waals surface area contributed by atoms with Gasteiger partial charge in [0, 0.05) is 6.42 Å². The summed E-state index contributed by atoms with van der Waals surface area (Å²) >= 11 is 0. The van der Waals surface area contributed by atoms with Crippen LogP contribution in [0.3, 0.4) is 0 Å². The van der Waals surface area contributed by atoms with Crippen LogP contribution in [-0.2, 0) is 9.53 Å². The SMILES string of the molecule is CCCCC/C=C/C/C=C/C/C=C/C/C=C/CCCC(=O)O[C@H](C)c1cc(OC)c(OC)cc1[N+](=O)[O-]. The van der Waals surface area contributed by atoms with E-state index in [0.29, 0.717) is 12.2 Å². The van der Waals surface area contributed by atoms with Gasteiger partial charge in [-0.1, -0.05) is 68.4 Å². The number of nitro benzene ring substituents is 1. The maximum Gasteiger partial charge on any atom is 0.306 e. The highest BCUT2D eigenvalue weighted by Gasteiger charge is 2.25. The molecule has 7 nitrogen and oxygen atoms in total. The number of methoxy groups -OCH3 is 2. The molecule has 0 amide bonds. The van der Waals surface area contributed by atoms with Gasteiger partial charge in [-0.05, 0) is 57.9 Å². The van der Waals surface area contributed by atoms with Crippen molar-refractivity contribution >= 4 is 11.7 Å².